The number of hydrogen-bond donors (Lipinski definition) is 2. The molecule has 1 atom stereocenters. The normalized spacial score (nSPS) is 19.4. The van der Waals surface area contributed by atoms with Crippen molar-refractivity contribution in [2.45, 2.75) is 26.2 Å². The highest BCUT2D eigenvalue weighted by atomic mass is 15.5. The number of rotatable bonds is 3. The van der Waals surface area contributed by atoms with E-state index in [9.17, 15) is 0 Å². The molecule has 0 saturated carbocycles. The van der Waals surface area contributed by atoms with Gasteiger partial charge < -0.3 is 0 Å². The number of nitrogens with zero attached hydrogens (tertiary/aromatic N) is 3. The van der Waals surface area contributed by atoms with Crippen LogP contribution in [0.15, 0.2) is 45.7 Å². The van der Waals surface area contributed by atoms with Crippen molar-refractivity contribution in [3.05, 3.63) is 35.9 Å². The maximum absolute atomic E-state index is 4.18. The molecule has 0 amide bonds. The summed E-state index contributed by atoms with van der Waals surface area (Å²) in [7, 11) is 0. The van der Waals surface area contributed by atoms with E-state index < -0.39 is 0 Å². The van der Waals surface area contributed by atoms with Crippen LogP contribution in [0.2, 0.25) is 0 Å². The van der Waals surface area contributed by atoms with Crippen LogP contribution in [0.1, 0.15) is 19.4 Å². The van der Waals surface area contributed by atoms with Crippen LogP contribution in [0.3, 0.4) is 0 Å². The Hall–Kier alpha value is -1.75. The van der Waals surface area contributed by atoms with Crippen LogP contribution in [0, 0.1) is 0 Å². The lowest BCUT2D eigenvalue weighted by atomic mass is 10.2. The van der Waals surface area contributed by atoms with Gasteiger partial charge in [-0.05, 0) is 13.8 Å². The zero-order valence-electron chi connectivity index (χ0n) is 9.38. The number of nitrogens with one attached hydrogen (secondary N) is 2. The molecule has 2 rings (SSSR count). The maximum Gasteiger partial charge on any atom is 0.209 e. The Kier molecular flexibility index (Phi) is 3.26. The molecular formula is C11H15N5. The first-order valence-electron chi connectivity index (χ1n) is 5.31. The fourth-order valence-electron chi connectivity index (χ4n) is 1.38. The van der Waals surface area contributed by atoms with E-state index >= 15 is 0 Å². The van der Waals surface area contributed by atoms with Crippen molar-refractivity contribution in [3.8, 4) is 0 Å². The Labute approximate surface area is 94.7 Å². The summed E-state index contributed by atoms with van der Waals surface area (Å²) in [6.07, 6.45) is -0.229. The molecule has 0 fully saturated rings. The predicted octanol–water partition coefficient (Wildman–Crippen LogP) is 1.69. The van der Waals surface area contributed by atoms with E-state index in [0.29, 0.717) is 11.9 Å². The minimum absolute atomic E-state index is 0.229. The zero-order valence-corrected chi connectivity index (χ0v) is 9.38. The quantitative estimate of drug-likeness (QED) is 0.809. The van der Waals surface area contributed by atoms with Crippen LogP contribution < -0.4 is 10.7 Å². The first kappa shape index (κ1) is 10.8. The first-order chi connectivity index (χ1) is 7.75. The maximum atomic E-state index is 4.18. The number of benzene rings is 1. The van der Waals surface area contributed by atoms with Gasteiger partial charge in [-0.3, -0.25) is 10.7 Å². The lowest BCUT2D eigenvalue weighted by molar-refractivity contribution is 0.393. The van der Waals surface area contributed by atoms with E-state index in [1.54, 1.807) is 0 Å². The summed E-state index contributed by atoms with van der Waals surface area (Å²) in [5.41, 5.74) is 3.88. The van der Waals surface area contributed by atoms with Crippen LogP contribution >= 0.6 is 0 Å². The van der Waals surface area contributed by atoms with Crippen LogP contribution in [0.4, 0.5) is 0 Å². The van der Waals surface area contributed by atoms with Crippen molar-refractivity contribution in [2.75, 3.05) is 0 Å². The van der Waals surface area contributed by atoms with Crippen molar-refractivity contribution < 1.29 is 0 Å². The molecule has 0 bridgehead atoms. The monoisotopic (exact) mass is 217 g/mol. The first-order valence-corrected chi connectivity index (χ1v) is 5.31. The molecule has 1 unspecified atom stereocenters. The third-order valence-electron chi connectivity index (χ3n) is 2.08. The summed E-state index contributed by atoms with van der Waals surface area (Å²) in [5, 5.41) is 15.5. The van der Waals surface area contributed by atoms with Gasteiger partial charge in [-0.15, -0.1) is 10.2 Å². The lowest BCUT2D eigenvalue weighted by Crippen LogP contribution is -2.43. The van der Waals surface area contributed by atoms with Gasteiger partial charge in [0.1, 0.15) is 0 Å². The number of azo groups is 1. The molecule has 1 aliphatic heterocycles. The second-order valence-electron chi connectivity index (χ2n) is 3.87. The van der Waals surface area contributed by atoms with Gasteiger partial charge >= 0.3 is 0 Å². The fourth-order valence-corrected chi connectivity index (χ4v) is 1.38. The zero-order chi connectivity index (χ0) is 11.4. The van der Waals surface area contributed by atoms with E-state index in [1.807, 2.05) is 44.2 Å². The second-order valence-corrected chi connectivity index (χ2v) is 3.87. The van der Waals surface area contributed by atoms with Gasteiger partial charge in [-0.2, -0.15) is 5.10 Å². The highest BCUT2D eigenvalue weighted by Gasteiger charge is 2.12. The fraction of sp³-hybridized carbons (Fsp3) is 0.364. The summed E-state index contributed by atoms with van der Waals surface area (Å²) in [5.74, 6) is 0.613. The Balaban J connectivity index is 2.03. The summed E-state index contributed by atoms with van der Waals surface area (Å²) in [6, 6.07) is 10.1. The lowest BCUT2D eigenvalue weighted by Gasteiger charge is -2.18. The molecule has 1 aromatic rings. The van der Waals surface area contributed by atoms with Crippen molar-refractivity contribution in [3.63, 3.8) is 0 Å². The molecule has 5 heteroatoms. The third kappa shape index (κ3) is 2.64. The molecule has 0 aliphatic carbocycles. The molecule has 1 aromatic carbocycles. The molecule has 0 radical (unpaired) electrons. The highest BCUT2D eigenvalue weighted by molar-refractivity contribution is 5.99. The Morgan fingerprint density at radius 3 is 2.56 bits per heavy atom. The van der Waals surface area contributed by atoms with E-state index in [0.717, 1.165) is 5.56 Å². The Bertz CT molecular complexity index is 396. The van der Waals surface area contributed by atoms with Gasteiger partial charge in [0.25, 0.3) is 0 Å². The minimum Gasteiger partial charge on any atom is -0.274 e. The van der Waals surface area contributed by atoms with Crippen LogP contribution in [-0.2, 0) is 0 Å². The van der Waals surface area contributed by atoms with Crippen molar-refractivity contribution in [2.24, 2.45) is 15.3 Å². The topological polar surface area (TPSA) is 61.1 Å². The van der Waals surface area contributed by atoms with Crippen molar-refractivity contribution in [1.29, 1.82) is 0 Å². The highest BCUT2D eigenvalue weighted by Crippen LogP contribution is 2.06. The van der Waals surface area contributed by atoms with E-state index in [1.165, 1.54) is 0 Å². The van der Waals surface area contributed by atoms with Crippen LogP contribution in [-0.4, -0.2) is 18.2 Å². The number of hydrazone groups is 1. The molecule has 0 saturated heterocycles. The average Bonchev–Trinajstić information content (AvgIpc) is 2.30. The summed E-state index contributed by atoms with van der Waals surface area (Å²) >= 11 is 0. The van der Waals surface area contributed by atoms with Gasteiger partial charge in [-0.25, -0.2) is 0 Å². The Morgan fingerprint density at radius 2 is 2.00 bits per heavy atom. The standard InChI is InChI=1S/C11H15N5/c1-8(2)12-11-15-13-10(14-16-11)9-6-4-3-5-7-9/h3-8,11-12,15H,1-2H3. The average molecular weight is 217 g/mol. The van der Waals surface area contributed by atoms with E-state index in [2.05, 4.69) is 26.1 Å². The molecule has 5 nitrogen and oxygen atoms in total. The van der Waals surface area contributed by atoms with Gasteiger partial charge in [0.05, 0.1) is 0 Å². The SMILES string of the molecule is CC(C)NC1N=NC(c2ccccc2)=NN1. The molecule has 0 spiro atoms. The summed E-state index contributed by atoms with van der Waals surface area (Å²) < 4.78 is 0. The smallest absolute Gasteiger partial charge is 0.209 e. The van der Waals surface area contributed by atoms with E-state index in [-0.39, 0.29) is 6.29 Å². The molecule has 2 N–H and O–H groups in total. The van der Waals surface area contributed by atoms with Gasteiger partial charge in [0.2, 0.25) is 12.1 Å². The van der Waals surface area contributed by atoms with Crippen LogP contribution in [0.5, 0.6) is 0 Å². The van der Waals surface area contributed by atoms with Crippen molar-refractivity contribution in [1.82, 2.24) is 10.7 Å². The molecule has 1 heterocycles. The molecular weight excluding hydrogens is 202 g/mol. The predicted molar refractivity (Wildman–Crippen MR) is 63.0 cm³/mol. The molecule has 0 aromatic heterocycles. The summed E-state index contributed by atoms with van der Waals surface area (Å²) in [6.45, 7) is 4.10. The minimum atomic E-state index is -0.229. The van der Waals surface area contributed by atoms with Gasteiger partial charge in [0.15, 0.2) is 0 Å². The molecule has 84 valence electrons. The van der Waals surface area contributed by atoms with Crippen molar-refractivity contribution >= 4 is 5.84 Å². The summed E-state index contributed by atoms with van der Waals surface area (Å²) in [4.78, 5) is 0. The van der Waals surface area contributed by atoms with Crippen LogP contribution in [0.25, 0.3) is 0 Å². The van der Waals surface area contributed by atoms with Gasteiger partial charge in [0, 0.05) is 11.6 Å². The van der Waals surface area contributed by atoms with E-state index in [4.69, 9.17) is 0 Å². The number of amidine groups is 1. The molecule has 1 aliphatic rings. The van der Waals surface area contributed by atoms with Gasteiger partial charge in [-0.1, -0.05) is 30.3 Å². The largest absolute Gasteiger partial charge is 0.274 e. The third-order valence-corrected chi connectivity index (χ3v) is 2.08. The Morgan fingerprint density at radius 1 is 1.25 bits per heavy atom. The number of hydrogen-bond acceptors (Lipinski definition) is 5. The second kappa shape index (κ2) is 4.85. The molecule has 16 heavy (non-hydrogen) atoms.